The van der Waals surface area contributed by atoms with Gasteiger partial charge in [0.15, 0.2) is 17.2 Å². The van der Waals surface area contributed by atoms with Crippen molar-refractivity contribution in [1.82, 2.24) is 19.6 Å². The summed E-state index contributed by atoms with van der Waals surface area (Å²) in [5.74, 6) is 2.63. The largest absolute Gasteiger partial charge is 0.493 e. The molecule has 162 valence electrons. The zero-order chi connectivity index (χ0) is 21.8. The monoisotopic (exact) mass is 432 g/mol. The average Bonchev–Trinajstić information content (AvgIpc) is 3.45. The van der Waals surface area contributed by atoms with Crippen LogP contribution in [0.1, 0.15) is 17.0 Å². The molecule has 0 amide bonds. The highest BCUT2D eigenvalue weighted by molar-refractivity contribution is 5.82. The van der Waals surface area contributed by atoms with E-state index in [-0.39, 0.29) is 11.7 Å². The summed E-state index contributed by atoms with van der Waals surface area (Å²) in [5, 5.41) is 11.8. The third kappa shape index (κ3) is 2.84. The number of rotatable bonds is 2. The lowest BCUT2D eigenvalue weighted by atomic mass is 9.96. The van der Waals surface area contributed by atoms with Crippen LogP contribution >= 0.6 is 0 Å². The molecular weight excluding hydrogens is 411 g/mol. The molecule has 0 saturated carbocycles. The third-order valence-corrected chi connectivity index (χ3v) is 6.04. The van der Waals surface area contributed by atoms with E-state index >= 15 is 0 Å². The van der Waals surface area contributed by atoms with E-state index in [1.54, 1.807) is 12.4 Å². The molecule has 0 fully saturated rings. The lowest BCUT2D eigenvalue weighted by Crippen LogP contribution is -2.13. The van der Waals surface area contributed by atoms with Crippen molar-refractivity contribution in [3.8, 4) is 22.6 Å². The molecule has 1 N–H and O–H groups in total. The van der Waals surface area contributed by atoms with Crippen LogP contribution in [-0.4, -0.2) is 46.9 Å². The van der Waals surface area contributed by atoms with Gasteiger partial charge in [-0.2, -0.15) is 0 Å². The SMILES string of the molecule is CN(C)c1ccc(-c2cc3c(n4cnnc24)NCc2c(F)ccc4c2[C@H](CO4)CO3)cn1. The molecule has 0 aliphatic carbocycles. The Labute approximate surface area is 183 Å². The molecule has 9 heteroatoms. The number of anilines is 2. The number of pyridine rings is 2. The van der Waals surface area contributed by atoms with Gasteiger partial charge in [-0.15, -0.1) is 10.2 Å². The Hall–Kier alpha value is -3.88. The van der Waals surface area contributed by atoms with Gasteiger partial charge in [0.2, 0.25) is 0 Å². The summed E-state index contributed by atoms with van der Waals surface area (Å²) < 4.78 is 28.6. The average molecular weight is 432 g/mol. The van der Waals surface area contributed by atoms with Crippen LogP contribution in [0.5, 0.6) is 11.5 Å². The number of halogens is 1. The fourth-order valence-electron chi connectivity index (χ4n) is 4.41. The summed E-state index contributed by atoms with van der Waals surface area (Å²) in [6, 6.07) is 9.06. The minimum atomic E-state index is -0.251. The Morgan fingerprint density at radius 2 is 1.97 bits per heavy atom. The summed E-state index contributed by atoms with van der Waals surface area (Å²) in [4.78, 5) is 6.48. The van der Waals surface area contributed by atoms with Gasteiger partial charge in [0, 0.05) is 49.1 Å². The summed E-state index contributed by atoms with van der Waals surface area (Å²) in [5.41, 5.74) is 3.91. The van der Waals surface area contributed by atoms with Crippen LogP contribution in [-0.2, 0) is 6.54 Å². The number of benzene rings is 1. The molecule has 1 aromatic carbocycles. The van der Waals surface area contributed by atoms with E-state index in [4.69, 9.17) is 9.47 Å². The summed E-state index contributed by atoms with van der Waals surface area (Å²) >= 11 is 0. The second-order valence-electron chi connectivity index (χ2n) is 8.21. The smallest absolute Gasteiger partial charge is 0.170 e. The van der Waals surface area contributed by atoms with Crippen molar-refractivity contribution >= 4 is 17.3 Å². The van der Waals surface area contributed by atoms with Gasteiger partial charge < -0.3 is 19.7 Å². The number of ether oxygens (including phenoxy) is 2. The molecular formula is C23H21FN6O2. The Morgan fingerprint density at radius 1 is 1.12 bits per heavy atom. The second-order valence-corrected chi connectivity index (χ2v) is 8.21. The first-order chi connectivity index (χ1) is 15.6. The van der Waals surface area contributed by atoms with Crippen LogP contribution in [0.2, 0.25) is 0 Å². The molecule has 4 aromatic rings. The van der Waals surface area contributed by atoms with Crippen molar-refractivity contribution in [2.24, 2.45) is 0 Å². The van der Waals surface area contributed by atoms with Crippen molar-refractivity contribution < 1.29 is 13.9 Å². The zero-order valence-electron chi connectivity index (χ0n) is 17.7. The molecule has 2 aliphatic heterocycles. The van der Waals surface area contributed by atoms with Gasteiger partial charge >= 0.3 is 0 Å². The molecule has 1 atom stereocenters. The summed E-state index contributed by atoms with van der Waals surface area (Å²) in [7, 11) is 3.90. The van der Waals surface area contributed by atoms with Gasteiger partial charge in [0.1, 0.15) is 23.7 Å². The number of fused-ring (bicyclic) bond motifs is 3. The molecule has 3 aromatic heterocycles. The minimum Gasteiger partial charge on any atom is -0.493 e. The summed E-state index contributed by atoms with van der Waals surface area (Å²) in [6.45, 7) is 1.15. The van der Waals surface area contributed by atoms with Crippen molar-refractivity contribution in [3.63, 3.8) is 0 Å². The highest BCUT2D eigenvalue weighted by Gasteiger charge is 2.31. The lowest BCUT2D eigenvalue weighted by Gasteiger charge is -2.17. The number of nitrogens with one attached hydrogen (secondary N) is 1. The fourth-order valence-corrected chi connectivity index (χ4v) is 4.41. The number of nitrogens with zero attached hydrogens (tertiary/aromatic N) is 5. The van der Waals surface area contributed by atoms with E-state index in [0.717, 1.165) is 28.3 Å². The molecule has 32 heavy (non-hydrogen) atoms. The van der Waals surface area contributed by atoms with Crippen LogP contribution in [0.4, 0.5) is 16.0 Å². The van der Waals surface area contributed by atoms with Gasteiger partial charge in [-0.3, -0.25) is 4.40 Å². The van der Waals surface area contributed by atoms with Gasteiger partial charge in [0.05, 0.1) is 19.1 Å². The standard InChI is InChI=1S/C23H21FN6O2/c1-29(2)20-6-3-13(8-25-20)15-7-19-23(30-12-27-28-22(15)30)26-9-16-17(24)4-5-18-21(16)14(10-31-18)11-32-19/h3-8,12,14,26H,9-11H2,1-2H3/t14-/m1/s1. The Kier molecular flexibility index (Phi) is 4.17. The van der Waals surface area contributed by atoms with Crippen molar-refractivity contribution in [1.29, 1.82) is 0 Å². The second kappa shape index (κ2) is 7.08. The molecule has 2 aliphatic rings. The zero-order valence-corrected chi connectivity index (χ0v) is 17.7. The van der Waals surface area contributed by atoms with Crippen molar-refractivity contribution in [2.75, 3.05) is 37.5 Å². The minimum absolute atomic E-state index is 0.0375. The maximum Gasteiger partial charge on any atom is 0.170 e. The molecule has 5 heterocycles. The predicted octanol–water partition coefficient (Wildman–Crippen LogP) is 3.48. The molecule has 6 rings (SSSR count). The van der Waals surface area contributed by atoms with Crippen LogP contribution in [0.15, 0.2) is 42.9 Å². The third-order valence-electron chi connectivity index (χ3n) is 6.04. The topological polar surface area (TPSA) is 76.8 Å². The van der Waals surface area contributed by atoms with E-state index in [9.17, 15) is 4.39 Å². The normalized spacial score (nSPS) is 16.7. The van der Waals surface area contributed by atoms with Crippen LogP contribution in [0.25, 0.3) is 16.8 Å². The van der Waals surface area contributed by atoms with E-state index in [1.165, 1.54) is 6.07 Å². The van der Waals surface area contributed by atoms with Crippen LogP contribution in [0.3, 0.4) is 0 Å². The van der Waals surface area contributed by atoms with Gasteiger partial charge in [-0.25, -0.2) is 9.37 Å². The first kappa shape index (κ1) is 18.9. The predicted molar refractivity (Wildman–Crippen MR) is 118 cm³/mol. The quantitative estimate of drug-likeness (QED) is 0.520. The van der Waals surface area contributed by atoms with Crippen molar-refractivity contribution in [3.05, 3.63) is 59.8 Å². The van der Waals surface area contributed by atoms with Crippen LogP contribution < -0.4 is 19.7 Å². The summed E-state index contributed by atoms with van der Waals surface area (Å²) in [6.07, 6.45) is 3.45. The number of hydrogen-bond donors (Lipinski definition) is 1. The van der Waals surface area contributed by atoms with E-state index < -0.39 is 0 Å². The first-order valence-corrected chi connectivity index (χ1v) is 10.4. The van der Waals surface area contributed by atoms with Crippen molar-refractivity contribution in [2.45, 2.75) is 12.5 Å². The molecule has 0 bridgehead atoms. The Bertz CT molecular complexity index is 1330. The maximum absolute atomic E-state index is 14.7. The molecule has 0 radical (unpaired) electrons. The van der Waals surface area contributed by atoms with Gasteiger partial charge in [-0.1, -0.05) is 0 Å². The highest BCUT2D eigenvalue weighted by Crippen LogP contribution is 2.41. The van der Waals surface area contributed by atoms with Crippen LogP contribution in [0, 0.1) is 5.82 Å². The Balaban J connectivity index is 1.47. The maximum atomic E-state index is 14.7. The fraction of sp³-hybridized carbons (Fsp3) is 0.261. The van der Waals surface area contributed by atoms with Gasteiger partial charge in [0.25, 0.3) is 0 Å². The lowest BCUT2D eigenvalue weighted by molar-refractivity contribution is 0.249. The molecule has 8 nitrogen and oxygen atoms in total. The number of hydrogen-bond acceptors (Lipinski definition) is 7. The molecule has 0 spiro atoms. The highest BCUT2D eigenvalue weighted by atomic mass is 19.1. The van der Waals surface area contributed by atoms with E-state index in [1.807, 2.05) is 47.8 Å². The van der Waals surface area contributed by atoms with E-state index in [2.05, 4.69) is 20.5 Å². The van der Waals surface area contributed by atoms with Gasteiger partial charge in [-0.05, 0) is 30.3 Å². The molecule has 0 saturated heterocycles. The molecule has 0 unspecified atom stereocenters. The first-order valence-electron chi connectivity index (χ1n) is 10.4. The number of aromatic nitrogens is 4. The van der Waals surface area contributed by atoms with E-state index in [0.29, 0.717) is 42.5 Å². The Morgan fingerprint density at radius 3 is 2.75 bits per heavy atom.